The van der Waals surface area contributed by atoms with Gasteiger partial charge in [-0.05, 0) is 31.7 Å². The zero-order chi connectivity index (χ0) is 17.1. The predicted octanol–water partition coefficient (Wildman–Crippen LogP) is 4.50. The van der Waals surface area contributed by atoms with E-state index in [4.69, 9.17) is 16.3 Å². The van der Waals surface area contributed by atoms with Crippen LogP contribution in [-0.2, 0) is 21.6 Å². The van der Waals surface area contributed by atoms with E-state index in [1.165, 1.54) is 0 Å². The molecule has 0 N–H and O–H groups in total. The molecule has 124 valence electrons. The van der Waals surface area contributed by atoms with E-state index in [1.54, 1.807) is 11.9 Å². The average molecular weight is 326 g/mol. The van der Waals surface area contributed by atoms with Gasteiger partial charge in [0, 0.05) is 12.6 Å². The second kappa shape index (κ2) is 7.01. The number of carbonyl (C=O) groups is 1. The number of hydrogen-bond donors (Lipinski definition) is 0. The van der Waals surface area contributed by atoms with E-state index in [-0.39, 0.29) is 22.8 Å². The lowest BCUT2D eigenvalue weighted by molar-refractivity contribution is -0.116. The minimum Gasteiger partial charge on any atom is -0.371 e. The smallest absolute Gasteiger partial charge is 0.241 e. The molecule has 1 amide bonds. The maximum atomic E-state index is 12.1. The van der Waals surface area contributed by atoms with Crippen LogP contribution in [0.1, 0.15) is 52.7 Å². The van der Waals surface area contributed by atoms with Gasteiger partial charge in [-0.15, -0.1) is 11.6 Å². The molecule has 1 rings (SSSR count). The third-order valence-electron chi connectivity index (χ3n) is 3.41. The van der Waals surface area contributed by atoms with Gasteiger partial charge in [-0.25, -0.2) is 0 Å². The van der Waals surface area contributed by atoms with E-state index in [0.29, 0.717) is 6.61 Å². The van der Waals surface area contributed by atoms with Crippen LogP contribution in [0.3, 0.4) is 0 Å². The molecule has 0 aliphatic carbocycles. The van der Waals surface area contributed by atoms with Crippen LogP contribution < -0.4 is 4.90 Å². The number of hydrogen-bond acceptors (Lipinski definition) is 2. The normalized spacial score (nSPS) is 12.4. The first-order chi connectivity index (χ1) is 9.97. The Morgan fingerprint density at radius 2 is 1.77 bits per heavy atom. The Balaban J connectivity index is 3.34. The lowest BCUT2D eigenvalue weighted by Gasteiger charge is -2.30. The molecule has 0 heterocycles. The van der Waals surface area contributed by atoms with Gasteiger partial charge in [-0.2, -0.15) is 0 Å². The highest BCUT2D eigenvalue weighted by molar-refractivity contribution is 6.29. The third kappa shape index (κ3) is 4.99. The summed E-state index contributed by atoms with van der Waals surface area (Å²) in [5, 5.41) is 0. The predicted molar refractivity (Wildman–Crippen MR) is 93.8 cm³/mol. The molecule has 0 saturated heterocycles. The van der Waals surface area contributed by atoms with Crippen molar-refractivity contribution in [2.45, 2.75) is 59.2 Å². The van der Waals surface area contributed by atoms with Gasteiger partial charge in [0.2, 0.25) is 5.91 Å². The molecule has 1 aromatic rings. The molecule has 1 aromatic carbocycles. The highest BCUT2D eigenvalue weighted by atomic mass is 35.5. The number of alkyl halides is 1. The van der Waals surface area contributed by atoms with Gasteiger partial charge < -0.3 is 9.64 Å². The van der Waals surface area contributed by atoms with E-state index in [1.807, 2.05) is 32.9 Å². The Kier molecular flexibility index (Phi) is 6.05. The summed E-state index contributed by atoms with van der Waals surface area (Å²) in [6.45, 7) is 12.9. The van der Waals surface area contributed by atoms with Gasteiger partial charge in [-0.3, -0.25) is 4.79 Å². The quantitative estimate of drug-likeness (QED) is 0.763. The summed E-state index contributed by atoms with van der Waals surface area (Å²) in [6, 6.07) is 6.09. The monoisotopic (exact) mass is 325 g/mol. The van der Waals surface area contributed by atoms with Crippen LogP contribution in [0, 0.1) is 0 Å². The summed E-state index contributed by atoms with van der Waals surface area (Å²) < 4.78 is 5.92. The first kappa shape index (κ1) is 19.0. The van der Waals surface area contributed by atoms with Crippen molar-refractivity contribution in [3.63, 3.8) is 0 Å². The Bertz CT molecular complexity index is 527. The molecule has 0 fully saturated rings. The maximum absolute atomic E-state index is 12.1. The Hall–Kier alpha value is -1.06. The molecule has 0 atom stereocenters. The fourth-order valence-corrected chi connectivity index (χ4v) is 2.40. The molecule has 0 aliphatic heterocycles. The van der Waals surface area contributed by atoms with Crippen molar-refractivity contribution in [2.75, 3.05) is 17.8 Å². The molecule has 0 spiro atoms. The van der Waals surface area contributed by atoms with Gasteiger partial charge in [0.25, 0.3) is 0 Å². The summed E-state index contributed by atoms with van der Waals surface area (Å²) in [4.78, 5) is 13.7. The summed E-state index contributed by atoms with van der Waals surface area (Å²) in [6.07, 6.45) is 0. The molecular weight excluding hydrogens is 298 g/mol. The van der Waals surface area contributed by atoms with Crippen molar-refractivity contribution < 1.29 is 9.53 Å². The number of anilines is 1. The van der Waals surface area contributed by atoms with Crippen LogP contribution >= 0.6 is 11.6 Å². The van der Waals surface area contributed by atoms with Crippen LogP contribution in [0.4, 0.5) is 5.69 Å². The Labute approximate surface area is 139 Å². The molecule has 4 heteroatoms. The second-order valence-electron chi connectivity index (χ2n) is 7.55. The molecule has 0 unspecified atom stereocenters. The third-order valence-corrected chi connectivity index (χ3v) is 3.64. The maximum Gasteiger partial charge on any atom is 0.241 e. The molecule has 22 heavy (non-hydrogen) atoms. The minimum atomic E-state index is -0.232. The molecular formula is C18H28ClNO2. The molecule has 0 aliphatic rings. The van der Waals surface area contributed by atoms with Gasteiger partial charge in [0.1, 0.15) is 5.88 Å². The largest absolute Gasteiger partial charge is 0.371 e. The van der Waals surface area contributed by atoms with Crippen molar-refractivity contribution in [3.8, 4) is 0 Å². The first-order valence-corrected chi connectivity index (χ1v) is 8.09. The van der Waals surface area contributed by atoms with Crippen LogP contribution in [-0.4, -0.2) is 24.4 Å². The molecule has 0 radical (unpaired) electrons. The lowest BCUT2D eigenvalue weighted by atomic mass is 9.84. The number of halogens is 1. The first-order valence-electron chi connectivity index (χ1n) is 7.56. The Morgan fingerprint density at radius 3 is 2.23 bits per heavy atom. The fraction of sp³-hybridized carbons (Fsp3) is 0.611. The number of benzene rings is 1. The fourth-order valence-electron chi connectivity index (χ4n) is 2.22. The molecule has 0 aromatic heterocycles. The van der Waals surface area contributed by atoms with Gasteiger partial charge >= 0.3 is 0 Å². The zero-order valence-corrected chi connectivity index (χ0v) is 15.5. The number of nitrogens with zero attached hydrogens (tertiary/aromatic N) is 1. The number of ether oxygens (including phenoxy) is 1. The van der Waals surface area contributed by atoms with Crippen molar-refractivity contribution >= 4 is 23.2 Å². The minimum absolute atomic E-state index is 0.0332. The van der Waals surface area contributed by atoms with Crippen LogP contribution in [0.2, 0.25) is 0 Å². The van der Waals surface area contributed by atoms with Crippen molar-refractivity contribution in [1.82, 2.24) is 0 Å². The van der Waals surface area contributed by atoms with Gasteiger partial charge in [0.05, 0.1) is 17.9 Å². The van der Waals surface area contributed by atoms with E-state index in [2.05, 4.69) is 26.8 Å². The second-order valence-corrected chi connectivity index (χ2v) is 7.82. The summed E-state index contributed by atoms with van der Waals surface area (Å²) in [5.74, 6) is -0.149. The number of amides is 1. The number of carbonyl (C=O) groups excluding carboxylic acids is 1. The van der Waals surface area contributed by atoms with E-state index >= 15 is 0 Å². The van der Waals surface area contributed by atoms with Crippen molar-refractivity contribution in [2.24, 2.45) is 0 Å². The molecule has 0 bridgehead atoms. The van der Waals surface area contributed by atoms with E-state index in [9.17, 15) is 4.79 Å². The number of para-hydroxylation sites is 1. The number of rotatable bonds is 4. The van der Waals surface area contributed by atoms with Crippen molar-refractivity contribution in [3.05, 3.63) is 29.3 Å². The van der Waals surface area contributed by atoms with E-state index in [0.717, 1.165) is 16.8 Å². The molecule has 3 nitrogen and oxygen atoms in total. The highest BCUT2D eigenvalue weighted by Gasteiger charge is 2.25. The lowest BCUT2D eigenvalue weighted by Crippen LogP contribution is -2.31. The summed E-state index contributed by atoms with van der Waals surface area (Å²) in [5.41, 5.74) is 2.72. The van der Waals surface area contributed by atoms with Gasteiger partial charge in [-0.1, -0.05) is 39.0 Å². The SMILES string of the molecule is CN(C(=O)CCl)c1c(COC(C)(C)C)cccc1C(C)(C)C. The summed E-state index contributed by atoms with van der Waals surface area (Å²) >= 11 is 5.74. The van der Waals surface area contributed by atoms with Crippen molar-refractivity contribution in [1.29, 1.82) is 0 Å². The van der Waals surface area contributed by atoms with Gasteiger partial charge in [0.15, 0.2) is 0 Å². The van der Waals surface area contributed by atoms with Crippen LogP contribution in [0.5, 0.6) is 0 Å². The van der Waals surface area contributed by atoms with Crippen LogP contribution in [0.25, 0.3) is 0 Å². The molecule has 0 saturated carbocycles. The van der Waals surface area contributed by atoms with E-state index < -0.39 is 0 Å². The zero-order valence-electron chi connectivity index (χ0n) is 14.8. The average Bonchev–Trinajstić information content (AvgIpc) is 2.41. The highest BCUT2D eigenvalue weighted by Crippen LogP contribution is 2.35. The Morgan fingerprint density at radius 1 is 1.18 bits per heavy atom. The standard InChI is InChI=1S/C18H28ClNO2/c1-17(2,3)14-10-8-9-13(12-22-18(4,5)6)16(14)20(7)15(21)11-19/h8-10H,11-12H2,1-7H3. The summed E-state index contributed by atoms with van der Waals surface area (Å²) in [7, 11) is 1.77. The van der Waals surface area contributed by atoms with Crippen LogP contribution in [0.15, 0.2) is 18.2 Å². The topological polar surface area (TPSA) is 29.5 Å².